The molecule has 1 aliphatic rings. The highest BCUT2D eigenvalue weighted by Crippen LogP contribution is 2.25. The molecule has 100 valence electrons. The zero-order valence-electron chi connectivity index (χ0n) is 11.9. The number of hydrogen-bond acceptors (Lipinski definition) is 3. The molecule has 0 radical (unpaired) electrons. The zero-order valence-corrected chi connectivity index (χ0v) is 11.9. The maximum Gasteiger partial charge on any atom is 0.213 e. The van der Waals surface area contributed by atoms with Crippen LogP contribution in [-0.2, 0) is 13.0 Å². The molecule has 0 bridgehead atoms. The van der Waals surface area contributed by atoms with E-state index in [1.165, 1.54) is 24.1 Å². The topological polar surface area (TPSA) is 34.1 Å². The Balaban J connectivity index is 2.00. The number of fused-ring (bicyclic) bond motifs is 1. The summed E-state index contributed by atoms with van der Waals surface area (Å²) in [6.45, 7) is 7.82. The van der Waals surface area contributed by atoms with Gasteiger partial charge < -0.3 is 10.1 Å². The summed E-state index contributed by atoms with van der Waals surface area (Å²) in [6.07, 6.45) is 3.47. The van der Waals surface area contributed by atoms with Crippen LogP contribution in [0.2, 0.25) is 0 Å². The third kappa shape index (κ3) is 3.45. The third-order valence-electron chi connectivity index (χ3n) is 3.52. The summed E-state index contributed by atoms with van der Waals surface area (Å²) in [6, 6.07) is 4.61. The van der Waals surface area contributed by atoms with Crippen molar-refractivity contribution in [2.75, 3.05) is 7.11 Å². The average Bonchev–Trinajstić information content (AvgIpc) is 2.34. The van der Waals surface area contributed by atoms with Crippen molar-refractivity contribution in [1.29, 1.82) is 0 Å². The smallest absolute Gasteiger partial charge is 0.213 e. The van der Waals surface area contributed by atoms with Gasteiger partial charge in [0, 0.05) is 25.1 Å². The largest absolute Gasteiger partial charge is 0.481 e. The van der Waals surface area contributed by atoms with E-state index >= 15 is 0 Å². The van der Waals surface area contributed by atoms with E-state index in [-0.39, 0.29) is 0 Å². The van der Waals surface area contributed by atoms with Gasteiger partial charge >= 0.3 is 0 Å². The minimum absolute atomic E-state index is 0.407. The summed E-state index contributed by atoms with van der Waals surface area (Å²) < 4.78 is 5.20. The van der Waals surface area contributed by atoms with E-state index in [1.54, 1.807) is 7.11 Å². The second-order valence-corrected chi connectivity index (χ2v) is 6.34. The molecule has 0 fully saturated rings. The van der Waals surface area contributed by atoms with Gasteiger partial charge in [0.05, 0.1) is 12.8 Å². The number of nitrogens with zero attached hydrogens (tertiary/aromatic N) is 1. The van der Waals surface area contributed by atoms with Crippen LogP contribution in [0.5, 0.6) is 5.88 Å². The Morgan fingerprint density at radius 2 is 2.17 bits per heavy atom. The van der Waals surface area contributed by atoms with E-state index in [0.29, 0.717) is 11.5 Å². The van der Waals surface area contributed by atoms with Gasteiger partial charge in [-0.25, -0.2) is 4.98 Å². The molecule has 1 aromatic rings. The lowest BCUT2D eigenvalue weighted by Crippen LogP contribution is -2.36. The van der Waals surface area contributed by atoms with Crippen LogP contribution in [0, 0.1) is 5.41 Å². The number of aromatic nitrogens is 1. The van der Waals surface area contributed by atoms with Crippen molar-refractivity contribution in [3.05, 3.63) is 23.4 Å². The van der Waals surface area contributed by atoms with Crippen molar-refractivity contribution in [2.45, 2.75) is 52.6 Å². The van der Waals surface area contributed by atoms with Crippen LogP contribution in [0.15, 0.2) is 12.1 Å². The third-order valence-corrected chi connectivity index (χ3v) is 3.52. The van der Waals surface area contributed by atoms with E-state index in [1.807, 2.05) is 6.07 Å². The molecule has 0 aliphatic carbocycles. The predicted molar refractivity (Wildman–Crippen MR) is 73.8 cm³/mol. The minimum atomic E-state index is 0.407. The Morgan fingerprint density at radius 3 is 2.83 bits per heavy atom. The fourth-order valence-corrected chi connectivity index (χ4v) is 2.33. The van der Waals surface area contributed by atoms with Gasteiger partial charge in [-0.15, -0.1) is 0 Å². The van der Waals surface area contributed by atoms with Gasteiger partial charge in [0.1, 0.15) is 0 Å². The van der Waals surface area contributed by atoms with E-state index in [4.69, 9.17) is 4.74 Å². The van der Waals surface area contributed by atoms with Crippen molar-refractivity contribution >= 4 is 0 Å². The summed E-state index contributed by atoms with van der Waals surface area (Å²) in [5.74, 6) is 0.727. The Bertz CT molecular complexity index is 409. The highest BCUT2D eigenvalue weighted by molar-refractivity contribution is 5.28. The predicted octanol–water partition coefficient (Wildman–Crippen LogP) is 2.93. The van der Waals surface area contributed by atoms with Gasteiger partial charge in [0.15, 0.2) is 0 Å². The molecule has 3 nitrogen and oxygen atoms in total. The van der Waals surface area contributed by atoms with Crippen LogP contribution in [0.4, 0.5) is 0 Å². The summed E-state index contributed by atoms with van der Waals surface area (Å²) in [4.78, 5) is 4.56. The number of methoxy groups -OCH3 is 1. The first-order chi connectivity index (χ1) is 8.48. The van der Waals surface area contributed by atoms with Gasteiger partial charge in [-0.3, -0.25) is 0 Å². The van der Waals surface area contributed by atoms with Crippen molar-refractivity contribution in [1.82, 2.24) is 10.3 Å². The van der Waals surface area contributed by atoms with Gasteiger partial charge in [-0.1, -0.05) is 26.8 Å². The molecular formula is C15H24N2O. The molecule has 1 N–H and O–H groups in total. The minimum Gasteiger partial charge on any atom is -0.481 e. The molecule has 2 rings (SSSR count). The standard InChI is InChI=1S/C15H24N2O/c1-15(2,3)8-7-12-9-13-11(10-16-12)5-6-14(17-13)18-4/h5-6,12,16H,7-10H2,1-4H3. The highest BCUT2D eigenvalue weighted by atomic mass is 16.5. The van der Waals surface area contributed by atoms with Crippen molar-refractivity contribution in [2.24, 2.45) is 5.41 Å². The second-order valence-electron chi connectivity index (χ2n) is 6.34. The van der Waals surface area contributed by atoms with E-state index < -0.39 is 0 Å². The van der Waals surface area contributed by atoms with Crippen LogP contribution in [0.1, 0.15) is 44.9 Å². The number of pyridine rings is 1. The Hall–Kier alpha value is -1.09. The molecular weight excluding hydrogens is 224 g/mol. The molecule has 1 unspecified atom stereocenters. The SMILES string of the molecule is COc1ccc2c(n1)CC(CCC(C)(C)C)NC2. The van der Waals surface area contributed by atoms with Gasteiger partial charge in [-0.05, 0) is 23.8 Å². The Morgan fingerprint density at radius 1 is 1.39 bits per heavy atom. The van der Waals surface area contributed by atoms with Gasteiger partial charge in [0.25, 0.3) is 0 Å². The maximum absolute atomic E-state index is 5.20. The molecule has 0 saturated carbocycles. The fourth-order valence-electron chi connectivity index (χ4n) is 2.33. The molecule has 0 aromatic carbocycles. The van der Waals surface area contributed by atoms with E-state index in [2.05, 4.69) is 37.1 Å². The molecule has 1 aliphatic heterocycles. The van der Waals surface area contributed by atoms with Gasteiger partial charge in [-0.2, -0.15) is 0 Å². The van der Waals surface area contributed by atoms with Crippen LogP contribution >= 0.6 is 0 Å². The summed E-state index contributed by atoms with van der Waals surface area (Å²) in [5.41, 5.74) is 2.92. The lowest BCUT2D eigenvalue weighted by atomic mass is 9.86. The molecule has 1 aromatic heterocycles. The maximum atomic E-state index is 5.20. The number of ether oxygens (including phenoxy) is 1. The molecule has 0 saturated heterocycles. The van der Waals surface area contributed by atoms with Crippen LogP contribution in [0.25, 0.3) is 0 Å². The second kappa shape index (κ2) is 5.27. The normalized spacial score (nSPS) is 19.4. The average molecular weight is 248 g/mol. The fraction of sp³-hybridized carbons (Fsp3) is 0.667. The zero-order chi connectivity index (χ0) is 13.2. The molecule has 3 heteroatoms. The molecule has 1 atom stereocenters. The Kier molecular flexibility index (Phi) is 3.91. The van der Waals surface area contributed by atoms with Crippen LogP contribution in [0.3, 0.4) is 0 Å². The van der Waals surface area contributed by atoms with Crippen molar-refractivity contribution in [3.8, 4) is 5.88 Å². The lowest BCUT2D eigenvalue weighted by molar-refractivity contribution is 0.319. The first kappa shape index (κ1) is 13.3. The van der Waals surface area contributed by atoms with E-state index in [0.717, 1.165) is 18.8 Å². The lowest BCUT2D eigenvalue weighted by Gasteiger charge is -2.28. The van der Waals surface area contributed by atoms with Crippen molar-refractivity contribution in [3.63, 3.8) is 0 Å². The molecule has 2 heterocycles. The number of hydrogen-bond donors (Lipinski definition) is 1. The summed E-state index contributed by atoms with van der Waals surface area (Å²) in [7, 11) is 1.67. The number of rotatable bonds is 3. The van der Waals surface area contributed by atoms with Crippen LogP contribution in [-0.4, -0.2) is 18.1 Å². The van der Waals surface area contributed by atoms with E-state index in [9.17, 15) is 0 Å². The molecule has 0 amide bonds. The first-order valence-electron chi connectivity index (χ1n) is 6.74. The van der Waals surface area contributed by atoms with Crippen molar-refractivity contribution < 1.29 is 4.74 Å². The molecule has 18 heavy (non-hydrogen) atoms. The quantitative estimate of drug-likeness (QED) is 0.893. The number of nitrogens with one attached hydrogen (secondary N) is 1. The highest BCUT2D eigenvalue weighted by Gasteiger charge is 2.21. The van der Waals surface area contributed by atoms with Gasteiger partial charge in [0.2, 0.25) is 5.88 Å². The molecule has 0 spiro atoms. The summed E-state index contributed by atoms with van der Waals surface area (Å²) in [5, 5.41) is 3.60. The Labute approximate surface area is 110 Å². The first-order valence-corrected chi connectivity index (χ1v) is 6.74. The summed E-state index contributed by atoms with van der Waals surface area (Å²) >= 11 is 0. The van der Waals surface area contributed by atoms with Crippen LogP contribution < -0.4 is 10.1 Å². The monoisotopic (exact) mass is 248 g/mol.